The maximum absolute atomic E-state index is 12.7. The van der Waals surface area contributed by atoms with Crippen molar-refractivity contribution in [1.82, 2.24) is 0 Å². The van der Waals surface area contributed by atoms with Crippen LogP contribution in [0.3, 0.4) is 0 Å². The Balaban J connectivity index is 1.92. The zero-order valence-corrected chi connectivity index (χ0v) is 43.0. The van der Waals surface area contributed by atoms with Crippen molar-refractivity contribution in [3.8, 4) is 0 Å². The number of hydrogen-bond acceptors (Lipinski definition) is 6. The number of methoxy groups -OCH3 is 1. The van der Waals surface area contributed by atoms with E-state index in [-0.39, 0.29) is 38.7 Å². The van der Waals surface area contributed by atoms with E-state index in [0.29, 0.717) is 49.7 Å². The minimum atomic E-state index is -2.37. The molecule has 0 aromatic rings. The Morgan fingerprint density at radius 3 is 1.93 bits per heavy atom. The standard InChI is InChI=1S/C47H88O6Si3/c1-20-34-25-27-37-36-26-24-35-33-47(29-21-23-39(48)49-13,53-56(18,19)44(8,9)10)41(50-31-22-32-51-54(14,15)42(2,3)4)40(52-55(16,17)43(5,6)7)46(35,12)38(36)28-30-45(34,37)11/h24,26,34,37-38,40-41H,20-23,25,27-33H2,1-19H3/t34-,37-,38+,40-,41-,45+,46-,47+/m0/s1. The van der Waals surface area contributed by atoms with Gasteiger partial charge in [0.15, 0.2) is 25.0 Å². The molecule has 0 bridgehead atoms. The van der Waals surface area contributed by atoms with E-state index in [9.17, 15) is 4.79 Å². The lowest BCUT2D eigenvalue weighted by Gasteiger charge is -2.64. The molecule has 0 N–H and O–H groups in total. The third-order valence-electron chi connectivity index (χ3n) is 17.1. The molecule has 4 aliphatic rings. The minimum Gasteiger partial charge on any atom is -0.469 e. The predicted octanol–water partition coefficient (Wildman–Crippen LogP) is 13.4. The van der Waals surface area contributed by atoms with Gasteiger partial charge in [-0.25, -0.2) is 0 Å². The van der Waals surface area contributed by atoms with Crippen molar-refractivity contribution in [1.29, 1.82) is 0 Å². The Morgan fingerprint density at radius 1 is 0.768 bits per heavy atom. The van der Waals surface area contributed by atoms with Crippen LogP contribution in [0.25, 0.3) is 0 Å². The van der Waals surface area contributed by atoms with Crippen LogP contribution in [0.2, 0.25) is 54.4 Å². The molecule has 0 amide bonds. The van der Waals surface area contributed by atoms with E-state index in [4.69, 9.17) is 22.8 Å². The van der Waals surface area contributed by atoms with E-state index in [2.05, 4.69) is 135 Å². The van der Waals surface area contributed by atoms with Crippen molar-refractivity contribution in [2.75, 3.05) is 20.3 Å². The third-order valence-corrected chi connectivity index (χ3v) is 30.6. The van der Waals surface area contributed by atoms with E-state index < -0.39 is 30.6 Å². The van der Waals surface area contributed by atoms with Gasteiger partial charge >= 0.3 is 5.97 Å². The number of esters is 1. The summed E-state index contributed by atoms with van der Waals surface area (Å²) < 4.78 is 35.3. The Kier molecular flexibility index (Phi) is 14.4. The Morgan fingerprint density at radius 2 is 1.38 bits per heavy atom. The first kappa shape index (κ1) is 48.1. The number of rotatable bonds is 15. The van der Waals surface area contributed by atoms with Crippen molar-refractivity contribution >= 4 is 30.9 Å². The summed E-state index contributed by atoms with van der Waals surface area (Å²) in [7, 11) is -5.13. The molecule has 0 heterocycles. The first-order valence-corrected chi connectivity index (χ1v) is 31.3. The maximum Gasteiger partial charge on any atom is 0.305 e. The molecule has 56 heavy (non-hydrogen) atoms. The van der Waals surface area contributed by atoms with Gasteiger partial charge in [-0.1, -0.05) is 113 Å². The van der Waals surface area contributed by atoms with Gasteiger partial charge in [0.05, 0.1) is 18.8 Å². The summed E-state index contributed by atoms with van der Waals surface area (Å²) >= 11 is 0. The van der Waals surface area contributed by atoms with E-state index in [1.54, 1.807) is 5.57 Å². The van der Waals surface area contributed by atoms with Gasteiger partial charge in [-0.3, -0.25) is 4.79 Å². The first-order valence-electron chi connectivity index (χ1n) is 22.6. The van der Waals surface area contributed by atoms with Crippen LogP contribution in [0.1, 0.15) is 147 Å². The lowest BCUT2D eigenvalue weighted by Crippen LogP contribution is -2.69. The highest BCUT2D eigenvalue weighted by Gasteiger charge is 2.66. The summed E-state index contributed by atoms with van der Waals surface area (Å²) in [5.41, 5.74) is 2.60. The molecule has 4 rings (SSSR count). The van der Waals surface area contributed by atoms with Crippen molar-refractivity contribution in [3.63, 3.8) is 0 Å². The second-order valence-corrected chi connectivity index (χ2v) is 37.8. The molecule has 0 aliphatic heterocycles. The minimum absolute atomic E-state index is 0.0122. The lowest BCUT2D eigenvalue weighted by molar-refractivity contribution is -0.197. The third kappa shape index (κ3) is 9.19. The number of hydrogen-bond donors (Lipinski definition) is 0. The molecular formula is C47H88O6Si3. The van der Waals surface area contributed by atoms with E-state index in [1.165, 1.54) is 44.8 Å². The van der Waals surface area contributed by atoms with Crippen LogP contribution in [-0.4, -0.2) is 69.1 Å². The lowest BCUT2D eigenvalue weighted by atomic mass is 9.48. The summed E-state index contributed by atoms with van der Waals surface area (Å²) in [6.07, 6.45) is 14.3. The largest absolute Gasteiger partial charge is 0.469 e. The van der Waals surface area contributed by atoms with Crippen molar-refractivity contribution in [3.05, 3.63) is 23.3 Å². The molecule has 8 atom stereocenters. The second-order valence-electron chi connectivity index (χ2n) is 23.6. The summed E-state index contributed by atoms with van der Waals surface area (Å²) in [5.74, 6) is 1.65. The maximum atomic E-state index is 12.7. The summed E-state index contributed by atoms with van der Waals surface area (Å²) in [4.78, 5) is 12.7. The zero-order chi connectivity index (χ0) is 42.6. The van der Waals surface area contributed by atoms with Gasteiger partial charge in [-0.05, 0) is 129 Å². The Bertz CT molecular complexity index is 1450. The molecule has 0 spiro atoms. The molecule has 324 valence electrons. The van der Waals surface area contributed by atoms with Crippen LogP contribution >= 0.6 is 0 Å². The van der Waals surface area contributed by atoms with E-state index in [1.807, 2.05) is 0 Å². The molecule has 4 aliphatic carbocycles. The fourth-order valence-electron chi connectivity index (χ4n) is 10.3. The van der Waals surface area contributed by atoms with Crippen LogP contribution in [-0.2, 0) is 27.5 Å². The average molecular weight is 833 g/mol. The molecule has 0 aromatic heterocycles. The fraction of sp³-hybridized carbons (Fsp3) is 0.894. The highest BCUT2D eigenvalue weighted by Crippen LogP contribution is 2.67. The van der Waals surface area contributed by atoms with Gasteiger partial charge in [0, 0.05) is 25.0 Å². The fourth-order valence-corrected chi connectivity index (χ4v) is 14.4. The molecule has 3 saturated carbocycles. The molecule has 0 unspecified atom stereocenters. The van der Waals surface area contributed by atoms with Crippen LogP contribution in [0.5, 0.6) is 0 Å². The number of ether oxygens (including phenoxy) is 2. The smallest absolute Gasteiger partial charge is 0.305 e. The quantitative estimate of drug-likeness (QED) is 0.0930. The number of allylic oxidation sites excluding steroid dienone is 3. The first-order chi connectivity index (χ1) is 25.4. The van der Waals surface area contributed by atoms with Crippen molar-refractivity contribution in [2.24, 2.45) is 28.6 Å². The number of fused-ring (bicyclic) bond motifs is 5. The molecule has 0 aromatic carbocycles. The Hall–Kier alpha value is -0.559. The molecular weight excluding hydrogens is 745 g/mol. The van der Waals surface area contributed by atoms with E-state index in [0.717, 1.165) is 18.8 Å². The SMILES string of the molecule is CC[C@H]1CC[C@H]2C3=CC=C4C[C@@](CCCC(=O)OC)(O[Si](C)(C)C(C)(C)C)[C@@H](OCCCO[Si](C)(C)C(C)(C)C)[C@H](O[Si](C)(C)C(C)(C)C)[C@]4(C)[C@@H]3CC[C@]12C. The zero-order valence-electron chi connectivity index (χ0n) is 40.0. The summed E-state index contributed by atoms with van der Waals surface area (Å²) in [6, 6.07) is 0. The summed E-state index contributed by atoms with van der Waals surface area (Å²) in [6.45, 7) is 44.2. The number of carbonyl (C=O) groups is 1. The van der Waals surface area contributed by atoms with Gasteiger partial charge in [0.25, 0.3) is 0 Å². The molecule has 9 heteroatoms. The summed E-state index contributed by atoms with van der Waals surface area (Å²) in [5, 5.41) is 0.153. The van der Waals surface area contributed by atoms with Gasteiger partial charge < -0.3 is 22.8 Å². The normalized spacial score (nSPS) is 32.9. The van der Waals surface area contributed by atoms with Gasteiger partial charge in [0.2, 0.25) is 0 Å². The topological polar surface area (TPSA) is 63.2 Å². The van der Waals surface area contributed by atoms with Crippen molar-refractivity contribution in [2.45, 2.75) is 219 Å². The van der Waals surface area contributed by atoms with Crippen LogP contribution in [0, 0.1) is 28.6 Å². The second kappa shape index (κ2) is 16.7. The highest BCUT2D eigenvalue weighted by molar-refractivity contribution is 6.75. The van der Waals surface area contributed by atoms with Gasteiger partial charge in [-0.2, -0.15) is 0 Å². The van der Waals surface area contributed by atoms with E-state index >= 15 is 0 Å². The average Bonchev–Trinajstić information content (AvgIpc) is 3.40. The van der Waals surface area contributed by atoms with Crippen LogP contribution in [0.4, 0.5) is 0 Å². The van der Waals surface area contributed by atoms with Crippen LogP contribution < -0.4 is 0 Å². The van der Waals surface area contributed by atoms with Gasteiger partial charge in [0.1, 0.15) is 6.10 Å². The molecule has 0 radical (unpaired) electrons. The Labute approximate surface area is 348 Å². The number of carbonyl (C=O) groups excluding carboxylic acids is 1. The monoisotopic (exact) mass is 833 g/mol. The van der Waals surface area contributed by atoms with Crippen LogP contribution in [0.15, 0.2) is 23.3 Å². The predicted molar refractivity (Wildman–Crippen MR) is 243 cm³/mol. The molecule has 0 saturated heterocycles. The molecule has 3 fully saturated rings. The molecule has 6 nitrogen and oxygen atoms in total. The van der Waals surface area contributed by atoms with Gasteiger partial charge in [-0.15, -0.1) is 0 Å². The van der Waals surface area contributed by atoms with Crippen molar-refractivity contribution < 1.29 is 27.5 Å². The highest BCUT2D eigenvalue weighted by atomic mass is 28.4.